The minimum Gasteiger partial charge on any atom is -0.303 e. The largest absolute Gasteiger partial charge is 0.303 e. The molecular formula is C14H24N2. The molecule has 90 valence electrons. The summed E-state index contributed by atoms with van der Waals surface area (Å²) < 4.78 is 0. The lowest BCUT2D eigenvalue weighted by Crippen LogP contribution is -2.44. The molecule has 1 heterocycles. The minimum atomic E-state index is 0.303. The van der Waals surface area contributed by atoms with Gasteiger partial charge in [-0.05, 0) is 43.6 Å². The fraction of sp³-hybridized carbons (Fsp3) is 0.929. The molecule has 0 aromatic carbocycles. The Hall–Kier alpha value is -0.550. The third-order valence-electron chi connectivity index (χ3n) is 4.51. The molecule has 2 fully saturated rings. The molecule has 2 rings (SSSR count). The number of nitrogens with zero attached hydrogens (tertiary/aromatic N) is 2. The topological polar surface area (TPSA) is 27.0 Å². The first-order valence-corrected chi connectivity index (χ1v) is 6.82. The predicted molar refractivity (Wildman–Crippen MR) is 65.8 cm³/mol. The molecule has 1 aliphatic heterocycles. The van der Waals surface area contributed by atoms with E-state index in [0.717, 1.165) is 25.4 Å². The van der Waals surface area contributed by atoms with Gasteiger partial charge in [-0.3, -0.25) is 0 Å². The van der Waals surface area contributed by atoms with Crippen molar-refractivity contribution < 1.29 is 0 Å². The Morgan fingerprint density at radius 3 is 2.56 bits per heavy atom. The van der Waals surface area contributed by atoms with E-state index >= 15 is 0 Å². The van der Waals surface area contributed by atoms with Crippen molar-refractivity contribution in [2.24, 2.45) is 23.7 Å². The number of nitriles is 1. The average molecular weight is 220 g/mol. The van der Waals surface area contributed by atoms with Crippen molar-refractivity contribution in [1.29, 1.82) is 5.26 Å². The average Bonchev–Trinajstić information content (AvgIpc) is 2.23. The monoisotopic (exact) mass is 220 g/mol. The van der Waals surface area contributed by atoms with Gasteiger partial charge in [0.15, 0.2) is 0 Å². The molecule has 16 heavy (non-hydrogen) atoms. The molecule has 0 bridgehead atoms. The van der Waals surface area contributed by atoms with Crippen molar-refractivity contribution >= 4 is 0 Å². The van der Waals surface area contributed by atoms with Crippen molar-refractivity contribution in [3.05, 3.63) is 0 Å². The van der Waals surface area contributed by atoms with E-state index in [-0.39, 0.29) is 0 Å². The molecule has 1 saturated heterocycles. The summed E-state index contributed by atoms with van der Waals surface area (Å²) in [4.78, 5) is 2.61. The van der Waals surface area contributed by atoms with Crippen LogP contribution in [0, 0.1) is 35.0 Å². The standard InChI is InChI=1S/C14H24N2/c1-11(2)14-10-16(7-6-13(14)8-15)9-12-4-3-5-12/h11-14H,3-7,9-10H2,1-2H3. The van der Waals surface area contributed by atoms with Gasteiger partial charge in [-0.2, -0.15) is 5.26 Å². The molecule has 0 N–H and O–H groups in total. The Morgan fingerprint density at radius 1 is 1.31 bits per heavy atom. The Bertz CT molecular complexity index is 262. The number of rotatable bonds is 3. The Labute approximate surface area is 99.6 Å². The molecule has 2 atom stereocenters. The molecule has 2 heteroatoms. The third-order valence-corrected chi connectivity index (χ3v) is 4.51. The van der Waals surface area contributed by atoms with Gasteiger partial charge in [-0.15, -0.1) is 0 Å². The molecule has 2 nitrogen and oxygen atoms in total. The van der Waals surface area contributed by atoms with E-state index in [9.17, 15) is 0 Å². The van der Waals surface area contributed by atoms with Crippen LogP contribution in [-0.2, 0) is 0 Å². The Kier molecular flexibility index (Phi) is 3.86. The SMILES string of the molecule is CC(C)C1CN(CC2CCC2)CCC1C#N. The van der Waals surface area contributed by atoms with Gasteiger partial charge in [-0.25, -0.2) is 0 Å². The van der Waals surface area contributed by atoms with Crippen LogP contribution in [0.5, 0.6) is 0 Å². The fourth-order valence-corrected chi connectivity index (χ4v) is 3.09. The summed E-state index contributed by atoms with van der Waals surface area (Å²) in [7, 11) is 0. The second-order valence-electron chi connectivity index (χ2n) is 5.99. The second-order valence-corrected chi connectivity index (χ2v) is 5.99. The normalized spacial score (nSPS) is 32.4. The summed E-state index contributed by atoms with van der Waals surface area (Å²) in [6.45, 7) is 8.13. The van der Waals surface area contributed by atoms with Crippen LogP contribution in [0.25, 0.3) is 0 Å². The van der Waals surface area contributed by atoms with Crippen LogP contribution in [0.1, 0.15) is 39.5 Å². The number of hydrogen-bond donors (Lipinski definition) is 0. The highest BCUT2D eigenvalue weighted by Gasteiger charge is 2.32. The summed E-state index contributed by atoms with van der Waals surface area (Å²) in [5.41, 5.74) is 0. The van der Waals surface area contributed by atoms with Gasteiger partial charge in [0.05, 0.1) is 12.0 Å². The van der Waals surface area contributed by atoms with Crippen molar-refractivity contribution in [2.45, 2.75) is 39.5 Å². The predicted octanol–water partition coefficient (Wildman–Crippen LogP) is 2.90. The van der Waals surface area contributed by atoms with Crippen molar-refractivity contribution in [3.8, 4) is 6.07 Å². The highest BCUT2D eigenvalue weighted by atomic mass is 15.1. The van der Waals surface area contributed by atoms with Gasteiger partial charge in [-0.1, -0.05) is 20.3 Å². The number of piperidine rings is 1. The van der Waals surface area contributed by atoms with Crippen LogP contribution in [-0.4, -0.2) is 24.5 Å². The maximum Gasteiger partial charge on any atom is 0.0659 e. The van der Waals surface area contributed by atoms with E-state index in [1.54, 1.807) is 0 Å². The highest BCUT2D eigenvalue weighted by molar-refractivity contribution is 4.94. The number of hydrogen-bond acceptors (Lipinski definition) is 2. The summed E-state index contributed by atoms with van der Waals surface area (Å²) in [6.07, 6.45) is 5.40. The first-order chi connectivity index (χ1) is 7.70. The van der Waals surface area contributed by atoms with E-state index in [0.29, 0.717) is 17.8 Å². The lowest BCUT2D eigenvalue weighted by atomic mass is 9.78. The van der Waals surface area contributed by atoms with E-state index in [1.165, 1.54) is 25.8 Å². The van der Waals surface area contributed by atoms with Crippen LogP contribution in [0.2, 0.25) is 0 Å². The van der Waals surface area contributed by atoms with E-state index in [1.807, 2.05) is 0 Å². The van der Waals surface area contributed by atoms with E-state index < -0.39 is 0 Å². The highest BCUT2D eigenvalue weighted by Crippen LogP contribution is 2.32. The first-order valence-electron chi connectivity index (χ1n) is 6.82. The van der Waals surface area contributed by atoms with Crippen molar-refractivity contribution in [2.75, 3.05) is 19.6 Å². The zero-order chi connectivity index (χ0) is 11.5. The van der Waals surface area contributed by atoms with E-state index in [2.05, 4.69) is 24.8 Å². The molecular weight excluding hydrogens is 196 g/mol. The van der Waals surface area contributed by atoms with Crippen LogP contribution in [0.15, 0.2) is 0 Å². The summed E-state index contributed by atoms with van der Waals surface area (Å²) in [6, 6.07) is 2.51. The van der Waals surface area contributed by atoms with Crippen molar-refractivity contribution in [1.82, 2.24) is 4.90 Å². The summed E-state index contributed by atoms with van der Waals surface area (Å²) in [5, 5.41) is 9.17. The van der Waals surface area contributed by atoms with Crippen LogP contribution < -0.4 is 0 Å². The zero-order valence-electron chi connectivity index (χ0n) is 10.7. The lowest BCUT2D eigenvalue weighted by Gasteiger charge is -2.40. The molecule has 0 amide bonds. The molecule has 0 spiro atoms. The smallest absolute Gasteiger partial charge is 0.0659 e. The number of likely N-dealkylation sites (tertiary alicyclic amines) is 1. The molecule has 0 radical (unpaired) electrons. The van der Waals surface area contributed by atoms with Gasteiger partial charge < -0.3 is 4.90 Å². The molecule has 0 aromatic rings. The molecule has 2 unspecified atom stereocenters. The summed E-state index contributed by atoms with van der Waals surface area (Å²) >= 11 is 0. The van der Waals surface area contributed by atoms with Gasteiger partial charge in [0, 0.05) is 13.1 Å². The van der Waals surface area contributed by atoms with Gasteiger partial charge in [0.25, 0.3) is 0 Å². The van der Waals surface area contributed by atoms with Gasteiger partial charge in [0.2, 0.25) is 0 Å². The lowest BCUT2D eigenvalue weighted by molar-refractivity contribution is 0.0839. The van der Waals surface area contributed by atoms with Crippen LogP contribution >= 0.6 is 0 Å². The second kappa shape index (κ2) is 5.19. The Morgan fingerprint density at radius 2 is 2.06 bits per heavy atom. The third kappa shape index (κ3) is 2.58. The molecule has 1 aliphatic carbocycles. The quantitative estimate of drug-likeness (QED) is 0.731. The molecule has 2 aliphatic rings. The maximum absolute atomic E-state index is 9.17. The fourth-order valence-electron chi connectivity index (χ4n) is 3.09. The van der Waals surface area contributed by atoms with Crippen molar-refractivity contribution in [3.63, 3.8) is 0 Å². The maximum atomic E-state index is 9.17. The zero-order valence-corrected chi connectivity index (χ0v) is 10.7. The molecule has 0 aromatic heterocycles. The first kappa shape index (κ1) is 11.9. The Balaban J connectivity index is 1.87. The van der Waals surface area contributed by atoms with Crippen LogP contribution in [0.4, 0.5) is 0 Å². The van der Waals surface area contributed by atoms with Crippen LogP contribution in [0.3, 0.4) is 0 Å². The summed E-state index contributed by atoms with van der Waals surface area (Å²) in [5.74, 6) is 2.51. The molecule has 1 saturated carbocycles. The van der Waals surface area contributed by atoms with Gasteiger partial charge >= 0.3 is 0 Å². The van der Waals surface area contributed by atoms with E-state index in [4.69, 9.17) is 5.26 Å². The minimum absolute atomic E-state index is 0.303. The van der Waals surface area contributed by atoms with Gasteiger partial charge in [0.1, 0.15) is 0 Å².